The van der Waals surface area contributed by atoms with E-state index < -0.39 is 0 Å². The van der Waals surface area contributed by atoms with Crippen LogP contribution in [0.25, 0.3) is 5.57 Å². The maximum atomic E-state index is 5.64. The van der Waals surface area contributed by atoms with Gasteiger partial charge in [-0.05, 0) is 49.7 Å². The first-order valence-corrected chi connectivity index (χ1v) is 7.28. The van der Waals surface area contributed by atoms with E-state index >= 15 is 0 Å². The average Bonchev–Trinajstić information content (AvgIpc) is 2.49. The Morgan fingerprint density at radius 1 is 1.37 bits per heavy atom. The second-order valence-corrected chi connectivity index (χ2v) is 5.26. The first kappa shape index (κ1) is 14.1. The Bertz CT molecular complexity index is 378. The van der Waals surface area contributed by atoms with Crippen LogP contribution in [0.5, 0.6) is 0 Å². The quantitative estimate of drug-likeness (QED) is 0.561. The molecule has 1 unspecified atom stereocenters. The van der Waals surface area contributed by atoms with Gasteiger partial charge in [-0.1, -0.05) is 30.3 Å². The summed E-state index contributed by atoms with van der Waals surface area (Å²) in [7, 11) is 0. The van der Waals surface area contributed by atoms with Crippen molar-refractivity contribution in [3.8, 4) is 0 Å². The topological polar surface area (TPSA) is 18.5 Å². The Labute approximate surface area is 116 Å². The lowest BCUT2D eigenvalue weighted by Gasteiger charge is -2.21. The highest BCUT2D eigenvalue weighted by Gasteiger charge is 2.12. The van der Waals surface area contributed by atoms with Gasteiger partial charge in [-0.3, -0.25) is 0 Å². The Hall–Kier alpha value is -1.28. The fraction of sp³-hybridized carbons (Fsp3) is 0.529. The Balaban J connectivity index is 1.63. The van der Waals surface area contributed by atoms with E-state index in [1.165, 1.54) is 30.4 Å². The molecule has 1 aromatic rings. The Morgan fingerprint density at radius 3 is 2.95 bits per heavy atom. The molecule has 0 amide bonds. The van der Waals surface area contributed by atoms with Crippen LogP contribution in [0.15, 0.2) is 36.6 Å². The van der Waals surface area contributed by atoms with E-state index in [4.69, 9.17) is 9.47 Å². The summed E-state index contributed by atoms with van der Waals surface area (Å²) < 4.78 is 11.1. The minimum Gasteiger partial charge on any atom is -0.501 e. The molecule has 0 aromatic heterocycles. The highest BCUT2D eigenvalue weighted by atomic mass is 16.5. The van der Waals surface area contributed by atoms with Crippen molar-refractivity contribution >= 4 is 5.57 Å². The zero-order chi connectivity index (χ0) is 13.3. The van der Waals surface area contributed by atoms with Gasteiger partial charge in [-0.2, -0.15) is 0 Å². The van der Waals surface area contributed by atoms with Crippen LogP contribution in [0.4, 0.5) is 0 Å². The van der Waals surface area contributed by atoms with Gasteiger partial charge < -0.3 is 9.47 Å². The monoisotopic (exact) mass is 260 g/mol. The van der Waals surface area contributed by atoms with Crippen molar-refractivity contribution in [1.82, 2.24) is 0 Å². The lowest BCUT2D eigenvalue weighted by molar-refractivity contribution is 0.0487. The van der Waals surface area contributed by atoms with Crippen molar-refractivity contribution in [1.29, 1.82) is 0 Å². The van der Waals surface area contributed by atoms with Gasteiger partial charge in [0.2, 0.25) is 0 Å². The second-order valence-electron chi connectivity index (χ2n) is 5.26. The molecule has 1 fully saturated rings. The summed E-state index contributed by atoms with van der Waals surface area (Å²) in [5.74, 6) is 0.747. The van der Waals surface area contributed by atoms with Crippen LogP contribution in [-0.2, 0) is 9.47 Å². The maximum Gasteiger partial charge on any atom is 0.0873 e. The number of benzene rings is 1. The van der Waals surface area contributed by atoms with E-state index in [0.717, 1.165) is 32.2 Å². The van der Waals surface area contributed by atoms with Crippen molar-refractivity contribution in [2.45, 2.75) is 32.6 Å². The molecule has 1 saturated heterocycles. The van der Waals surface area contributed by atoms with Crippen LogP contribution in [0.3, 0.4) is 0 Å². The SMILES string of the molecule is C/C(=C/OCCCC1CCCOC1)c1ccccc1. The van der Waals surface area contributed by atoms with E-state index in [1.807, 2.05) is 12.3 Å². The van der Waals surface area contributed by atoms with Crippen LogP contribution in [-0.4, -0.2) is 19.8 Å². The third-order valence-electron chi connectivity index (χ3n) is 3.62. The number of allylic oxidation sites excluding steroid dienone is 1. The number of hydrogen-bond donors (Lipinski definition) is 0. The minimum absolute atomic E-state index is 0.747. The number of hydrogen-bond acceptors (Lipinski definition) is 2. The predicted molar refractivity (Wildman–Crippen MR) is 78.8 cm³/mol. The summed E-state index contributed by atoms with van der Waals surface area (Å²) in [6.07, 6.45) is 6.76. The molecule has 19 heavy (non-hydrogen) atoms. The highest BCUT2D eigenvalue weighted by Crippen LogP contribution is 2.19. The van der Waals surface area contributed by atoms with E-state index in [-0.39, 0.29) is 0 Å². The van der Waals surface area contributed by atoms with E-state index in [1.54, 1.807) is 0 Å². The smallest absolute Gasteiger partial charge is 0.0873 e. The Morgan fingerprint density at radius 2 is 2.21 bits per heavy atom. The van der Waals surface area contributed by atoms with Gasteiger partial charge in [-0.25, -0.2) is 0 Å². The molecular formula is C17H24O2. The maximum absolute atomic E-state index is 5.64. The summed E-state index contributed by atoms with van der Waals surface area (Å²) in [6.45, 7) is 4.79. The van der Waals surface area contributed by atoms with Crippen LogP contribution in [0.2, 0.25) is 0 Å². The normalized spacial score (nSPS) is 20.3. The largest absolute Gasteiger partial charge is 0.501 e. The molecule has 1 heterocycles. The third kappa shape index (κ3) is 5.07. The van der Waals surface area contributed by atoms with Crippen molar-refractivity contribution in [2.75, 3.05) is 19.8 Å². The molecule has 2 nitrogen and oxygen atoms in total. The van der Waals surface area contributed by atoms with Crippen LogP contribution < -0.4 is 0 Å². The third-order valence-corrected chi connectivity index (χ3v) is 3.62. The van der Waals surface area contributed by atoms with Crippen molar-refractivity contribution < 1.29 is 9.47 Å². The molecule has 0 N–H and O–H groups in total. The van der Waals surface area contributed by atoms with Crippen LogP contribution in [0, 0.1) is 5.92 Å². The van der Waals surface area contributed by atoms with E-state index in [0.29, 0.717) is 0 Å². The minimum atomic E-state index is 0.747. The molecule has 0 radical (unpaired) electrons. The molecule has 1 aliphatic rings. The summed E-state index contributed by atoms with van der Waals surface area (Å²) in [6, 6.07) is 10.3. The molecule has 1 aromatic carbocycles. The van der Waals surface area contributed by atoms with E-state index in [9.17, 15) is 0 Å². The summed E-state index contributed by atoms with van der Waals surface area (Å²) in [5, 5.41) is 0. The number of ether oxygens (including phenoxy) is 2. The molecular weight excluding hydrogens is 236 g/mol. The zero-order valence-corrected chi connectivity index (χ0v) is 11.8. The average molecular weight is 260 g/mol. The molecule has 2 rings (SSSR count). The molecule has 0 bridgehead atoms. The fourth-order valence-corrected chi connectivity index (χ4v) is 2.44. The zero-order valence-electron chi connectivity index (χ0n) is 11.8. The molecule has 0 spiro atoms. The second kappa shape index (κ2) is 8.00. The lowest BCUT2D eigenvalue weighted by atomic mass is 9.97. The predicted octanol–water partition coefficient (Wildman–Crippen LogP) is 4.27. The fourth-order valence-electron chi connectivity index (χ4n) is 2.44. The van der Waals surface area contributed by atoms with Gasteiger partial charge in [0.25, 0.3) is 0 Å². The molecule has 1 aliphatic heterocycles. The lowest BCUT2D eigenvalue weighted by Crippen LogP contribution is -2.17. The molecule has 104 valence electrons. The van der Waals surface area contributed by atoms with Crippen molar-refractivity contribution in [2.24, 2.45) is 5.92 Å². The molecule has 2 heteroatoms. The van der Waals surface area contributed by atoms with Gasteiger partial charge in [-0.15, -0.1) is 0 Å². The van der Waals surface area contributed by atoms with E-state index in [2.05, 4.69) is 31.2 Å². The first-order chi connectivity index (χ1) is 9.36. The molecule has 1 atom stereocenters. The summed E-state index contributed by atoms with van der Waals surface area (Å²) in [5.41, 5.74) is 2.41. The van der Waals surface area contributed by atoms with Crippen molar-refractivity contribution in [3.05, 3.63) is 42.2 Å². The highest BCUT2D eigenvalue weighted by molar-refractivity contribution is 5.62. The summed E-state index contributed by atoms with van der Waals surface area (Å²) >= 11 is 0. The standard InChI is InChI=1S/C17H24O2/c1-15(17-9-3-2-4-10-17)13-18-11-5-7-16-8-6-12-19-14-16/h2-4,9-10,13,16H,5-8,11-12,14H2,1H3/b15-13-. The van der Waals surface area contributed by atoms with Crippen LogP contribution in [0.1, 0.15) is 38.2 Å². The first-order valence-electron chi connectivity index (χ1n) is 7.28. The van der Waals surface area contributed by atoms with Crippen LogP contribution >= 0.6 is 0 Å². The van der Waals surface area contributed by atoms with Gasteiger partial charge in [0.05, 0.1) is 12.9 Å². The number of rotatable bonds is 6. The van der Waals surface area contributed by atoms with Gasteiger partial charge in [0.1, 0.15) is 0 Å². The van der Waals surface area contributed by atoms with Gasteiger partial charge in [0, 0.05) is 13.2 Å². The Kier molecular flexibility index (Phi) is 5.96. The van der Waals surface area contributed by atoms with Gasteiger partial charge in [0.15, 0.2) is 0 Å². The van der Waals surface area contributed by atoms with Gasteiger partial charge >= 0.3 is 0 Å². The summed E-state index contributed by atoms with van der Waals surface area (Å²) in [4.78, 5) is 0. The molecule has 0 aliphatic carbocycles. The van der Waals surface area contributed by atoms with Crippen molar-refractivity contribution in [3.63, 3.8) is 0 Å². The molecule has 0 saturated carbocycles.